The van der Waals surface area contributed by atoms with Crippen LogP contribution in [0, 0.1) is 13.8 Å². The molecule has 0 amide bonds. The molecule has 1 aliphatic rings. The van der Waals surface area contributed by atoms with Crippen LogP contribution in [-0.2, 0) is 0 Å². The Bertz CT molecular complexity index is 362. The molecule has 1 aromatic rings. The molecule has 1 aliphatic carbocycles. The summed E-state index contributed by atoms with van der Waals surface area (Å²) < 4.78 is 0. The van der Waals surface area contributed by atoms with Gasteiger partial charge < -0.3 is 10.4 Å². The zero-order valence-electron chi connectivity index (χ0n) is 10.2. The average molecular weight is 219 g/mol. The Hall–Kier alpha value is -1.02. The van der Waals surface area contributed by atoms with E-state index in [1.807, 2.05) is 0 Å². The monoisotopic (exact) mass is 219 g/mol. The van der Waals surface area contributed by atoms with Crippen LogP contribution in [0.1, 0.15) is 36.8 Å². The molecule has 2 unspecified atom stereocenters. The summed E-state index contributed by atoms with van der Waals surface area (Å²) in [6.07, 6.45) is 4.21. The standard InChI is InChI=1S/C14H21NO/c1-10-7-8-11(2)13(9-10)15-12-5-3-4-6-14(12)16/h7-9,12,14-16H,3-6H2,1-2H3. The predicted octanol–water partition coefficient (Wildman–Crippen LogP) is 3.02. The molecule has 2 atom stereocenters. The Balaban J connectivity index is 2.10. The third kappa shape index (κ3) is 2.56. The fourth-order valence-electron chi connectivity index (χ4n) is 2.37. The fourth-order valence-corrected chi connectivity index (χ4v) is 2.37. The fraction of sp³-hybridized carbons (Fsp3) is 0.571. The lowest BCUT2D eigenvalue weighted by Gasteiger charge is -2.29. The van der Waals surface area contributed by atoms with Crippen molar-refractivity contribution in [1.29, 1.82) is 0 Å². The first-order valence-electron chi connectivity index (χ1n) is 6.18. The highest BCUT2D eigenvalue weighted by Crippen LogP contribution is 2.24. The average Bonchev–Trinajstić information content (AvgIpc) is 2.27. The quantitative estimate of drug-likeness (QED) is 0.801. The first kappa shape index (κ1) is 11.5. The Morgan fingerprint density at radius 2 is 1.94 bits per heavy atom. The van der Waals surface area contributed by atoms with Crippen LogP contribution >= 0.6 is 0 Å². The van der Waals surface area contributed by atoms with Gasteiger partial charge in [-0.15, -0.1) is 0 Å². The van der Waals surface area contributed by atoms with E-state index in [9.17, 15) is 5.11 Å². The maximum Gasteiger partial charge on any atom is 0.0741 e. The molecule has 0 bridgehead atoms. The second-order valence-electron chi connectivity index (χ2n) is 4.92. The molecular weight excluding hydrogens is 198 g/mol. The van der Waals surface area contributed by atoms with Crippen LogP contribution in [0.15, 0.2) is 18.2 Å². The largest absolute Gasteiger partial charge is 0.391 e. The Labute approximate surface area is 97.7 Å². The first-order valence-corrected chi connectivity index (χ1v) is 6.18. The van der Waals surface area contributed by atoms with E-state index in [2.05, 4.69) is 37.4 Å². The number of benzene rings is 1. The van der Waals surface area contributed by atoms with Gasteiger partial charge >= 0.3 is 0 Å². The Morgan fingerprint density at radius 3 is 2.69 bits per heavy atom. The number of hydrogen-bond donors (Lipinski definition) is 2. The van der Waals surface area contributed by atoms with Crippen LogP contribution in [0.3, 0.4) is 0 Å². The van der Waals surface area contributed by atoms with Crippen LogP contribution in [0.5, 0.6) is 0 Å². The number of hydrogen-bond acceptors (Lipinski definition) is 2. The summed E-state index contributed by atoms with van der Waals surface area (Å²) in [6, 6.07) is 6.65. The normalized spacial score (nSPS) is 25.4. The smallest absolute Gasteiger partial charge is 0.0741 e. The van der Waals surface area contributed by atoms with Crippen LogP contribution in [0.25, 0.3) is 0 Å². The van der Waals surface area contributed by atoms with Crippen LogP contribution in [0.4, 0.5) is 5.69 Å². The maximum absolute atomic E-state index is 9.93. The molecule has 0 heterocycles. The Kier molecular flexibility index (Phi) is 3.49. The summed E-state index contributed by atoms with van der Waals surface area (Å²) in [6.45, 7) is 4.21. The van der Waals surface area contributed by atoms with Crippen molar-refractivity contribution in [3.05, 3.63) is 29.3 Å². The zero-order chi connectivity index (χ0) is 11.5. The van der Waals surface area contributed by atoms with Gasteiger partial charge in [0.25, 0.3) is 0 Å². The van der Waals surface area contributed by atoms with E-state index in [0.29, 0.717) is 0 Å². The topological polar surface area (TPSA) is 32.3 Å². The van der Waals surface area contributed by atoms with Crippen molar-refractivity contribution in [2.75, 3.05) is 5.32 Å². The van der Waals surface area contributed by atoms with Crippen molar-refractivity contribution < 1.29 is 5.11 Å². The molecule has 0 aromatic heterocycles. The van der Waals surface area contributed by atoms with E-state index in [4.69, 9.17) is 0 Å². The van der Waals surface area contributed by atoms with Gasteiger partial charge in [-0.25, -0.2) is 0 Å². The van der Waals surface area contributed by atoms with Crippen molar-refractivity contribution in [3.8, 4) is 0 Å². The van der Waals surface area contributed by atoms with Gasteiger partial charge in [0.15, 0.2) is 0 Å². The highest BCUT2D eigenvalue weighted by atomic mass is 16.3. The van der Waals surface area contributed by atoms with Gasteiger partial charge in [0.2, 0.25) is 0 Å². The molecule has 0 aliphatic heterocycles. The number of anilines is 1. The van der Waals surface area contributed by atoms with E-state index in [-0.39, 0.29) is 12.1 Å². The molecule has 1 fully saturated rings. The van der Waals surface area contributed by atoms with Gasteiger partial charge in [-0.05, 0) is 43.9 Å². The van der Waals surface area contributed by atoms with Crippen molar-refractivity contribution in [3.63, 3.8) is 0 Å². The molecule has 1 aromatic carbocycles. The van der Waals surface area contributed by atoms with Crippen molar-refractivity contribution in [2.45, 2.75) is 51.7 Å². The minimum atomic E-state index is -0.186. The van der Waals surface area contributed by atoms with Crippen LogP contribution in [-0.4, -0.2) is 17.3 Å². The van der Waals surface area contributed by atoms with Gasteiger partial charge in [0.1, 0.15) is 0 Å². The van der Waals surface area contributed by atoms with Crippen molar-refractivity contribution in [2.24, 2.45) is 0 Å². The molecule has 0 spiro atoms. The lowest BCUT2D eigenvalue weighted by atomic mass is 9.92. The van der Waals surface area contributed by atoms with Gasteiger partial charge in [-0.1, -0.05) is 25.0 Å². The second kappa shape index (κ2) is 4.88. The molecular formula is C14H21NO. The zero-order valence-corrected chi connectivity index (χ0v) is 10.2. The summed E-state index contributed by atoms with van der Waals surface area (Å²) in [4.78, 5) is 0. The lowest BCUT2D eigenvalue weighted by Crippen LogP contribution is -2.36. The molecule has 0 saturated heterocycles. The predicted molar refractivity (Wildman–Crippen MR) is 67.8 cm³/mol. The third-order valence-electron chi connectivity index (χ3n) is 3.46. The highest BCUT2D eigenvalue weighted by molar-refractivity contribution is 5.53. The van der Waals surface area contributed by atoms with Gasteiger partial charge in [-0.3, -0.25) is 0 Å². The number of aryl methyl sites for hydroxylation is 2. The number of nitrogens with one attached hydrogen (secondary N) is 1. The molecule has 2 heteroatoms. The molecule has 88 valence electrons. The van der Waals surface area contributed by atoms with Crippen LogP contribution in [0.2, 0.25) is 0 Å². The van der Waals surface area contributed by atoms with Gasteiger partial charge in [-0.2, -0.15) is 0 Å². The summed E-state index contributed by atoms with van der Waals surface area (Å²) >= 11 is 0. The Morgan fingerprint density at radius 1 is 1.19 bits per heavy atom. The third-order valence-corrected chi connectivity index (χ3v) is 3.46. The summed E-state index contributed by atoms with van der Waals surface area (Å²) in [5.41, 5.74) is 3.69. The summed E-state index contributed by atoms with van der Waals surface area (Å²) in [5.74, 6) is 0. The summed E-state index contributed by atoms with van der Waals surface area (Å²) in [7, 11) is 0. The van der Waals surface area contributed by atoms with Crippen LogP contribution < -0.4 is 5.32 Å². The van der Waals surface area contributed by atoms with Gasteiger partial charge in [0.05, 0.1) is 12.1 Å². The van der Waals surface area contributed by atoms with Crippen molar-refractivity contribution >= 4 is 5.69 Å². The molecule has 1 saturated carbocycles. The molecule has 2 rings (SSSR count). The minimum Gasteiger partial charge on any atom is -0.391 e. The maximum atomic E-state index is 9.93. The lowest BCUT2D eigenvalue weighted by molar-refractivity contribution is 0.116. The molecule has 0 radical (unpaired) electrons. The van der Waals surface area contributed by atoms with E-state index in [1.165, 1.54) is 23.2 Å². The van der Waals surface area contributed by atoms with E-state index >= 15 is 0 Å². The number of aliphatic hydroxyl groups excluding tert-OH is 1. The number of rotatable bonds is 2. The molecule has 2 nitrogen and oxygen atoms in total. The summed E-state index contributed by atoms with van der Waals surface area (Å²) in [5, 5.41) is 13.4. The van der Waals surface area contributed by atoms with E-state index < -0.39 is 0 Å². The second-order valence-corrected chi connectivity index (χ2v) is 4.92. The minimum absolute atomic E-state index is 0.186. The first-order chi connectivity index (χ1) is 7.66. The molecule has 2 N–H and O–H groups in total. The van der Waals surface area contributed by atoms with E-state index in [1.54, 1.807) is 0 Å². The van der Waals surface area contributed by atoms with Gasteiger partial charge in [0, 0.05) is 5.69 Å². The van der Waals surface area contributed by atoms with Crippen molar-refractivity contribution in [1.82, 2.24) is 0 Å². The van der Waals surface area contributed by atoms with E-state index in [0.717, 1.165) is 19.3 Å². The SMILES string of the molecule is Cc1ccc(C)c(NC2CCCCC2O)c1. The number of aliphatic hydroxyl groups is 1. The highest BCUT2D eigenvalue weighted by Gasteiger charge is 2.22. The molecule has 16 heavy (non-hydrogen) atoms.